The Labute approximate surface area is 132 Å². The Kier molecular flexibility index (Phi) is 4.68. The number of aromatic nitrogens is 2. The lowest BCUT2D eigenvalue weighted by atomic mass is 9.82. The molecule has 6 nitrogen and oxygen atoms in total. The third-order valence-electron chi connectivity index (χ3n) is 4.41. The summed E-state index contributed by atoms with van der Waals surface area (Å²) in [6.45, 7) is 12.1. The number of rotatable bonds is 5. The maximum atomic E-state index is 12.0. The zero-order chi connectivity index (χ0) is 16.5. The van der Waals surface area contributed by atoms with Crippen LogP contribution in [0.1, 0.15) is 54.0 Å². The minimum Gasteiger partial charge on any atom is -0.464 e. The van der Waals surface area contributed by atoms with Crippen molar-refractivity contribution in [2.45, 2.75) is 65.2 Å². The van der Waals surface area contributed by atoms with Crippen LogP contribution in [0, 0.1) is 0 Å². The van der Waals surface area contributed by atoms with Crippen molar-refractivity contribution < 1.29 is 18.8 Å². The zero-order valence-electron chi connectivity index (χ0n) is 14.3. The number of carbonyl (C=O) groups is 1. The predicted molar refractivity (Wildman–Crippen MR) is 83.9 cm³/mol. The normalized spacial score (nSPS) is 20.9. The van der Waals surface area contributed by atoms with Gasteiger partial charge in [0.05, 0.1) is 17.8 Å². The summed E-state index contributed by atoms with van der Waals surface area (Å²) in [4.78, 5) is 12.0. The van der Waals surface area contributed by atoms with Gasteiger partial charge < -0.3 is 14.0 Å². The van der Waals surface area contributed by atoms with E-state index in [2.05, 4.69) is 5.10 Å². The van der Waals surface area contributed by atoms with Crippen LogP contribution in [0.3, 0.4) is 0 Å². The summed E-state index contributed by atoms with van der Waals surface area (Å²) in [7, 11) is -0.474. The molecule has 0 N–H and O–H groups in total. The largest absolute Gasteiger partial charge is 0.498 e. The third-order valence-corrected chi connectivity index (χ3v) is 4.41. The molecule has 1 aromatic heterocycles. The summed E-state index contributed by atoms with van der Waals surface area (Å²) < 4.78 is 18.7. The first-order chi connectivity index (χ1) is 10.2. The summed E-state index contributed by atoms with van der Waals surface area (Å²) in [6, 6.07) is -0.420. The zero-order valence-corrected chi connectivity index (χ0v) is 14.3. The van der Waals surface area contributed by atoms with Gasteiger partial charge in [-0.15, -0.1) is 0 Å². The monoisotopic (exact) mass is 308 g/mol. The molecule has 0 unspecified atom stereocenters. The average molecular weight is 308 g/mol. The van der Waals surface area contributed by atoms with Crippen LogP contribution >= 0.6 is 0 Å². The van der Waals surface area contributed by atoms with Crippen molar-refractivity contribution in [3.63, 3.8) is 0 Å². The molecule has 0 saturated carbocycles. The van der Waals surface area contributed by atoms with Crippen molar-refractivity contribution in [3.8, 4) is 0 Å². The standard InChI is InChI=1S/C15H25BN2O4/c1-7-12(13(19)20-8-2)18-10-11(9-17-18)16-21-14(3,4)15(5,6)22-16/h9-10,12H,7-8H2,1-6H3/t12-/m1/s1. The molecule has 7 heteroatoms. The van der Waals surface area contributed by atoms with Gasteiger partial charge in [-0.05, 0) is 41.0 Å². The summed E-state index contributed by atoms with van der Waals surface area (Å²) in [5.41, 5.74) is 0.0113. The molecular formula is C15H25BN2O4. The summed E-state index contributed by atoms with van der Waals surface area (Å²) in [6.07, 6.45) is 4.10. The van der Waals surface area contributed by atoms with Crippen LogP contribution in [0.2, 0.25) is 0 Å². The van der Waals surface area contributed by atoms with E-state index >= 15 is 0 Å². The van der Waals surface area contributed by atoms with Gasteiger partial charge in [0, 0.05) is 17.9 Å². The lowest BCUT2D eigenvalue weighted by Crippen LogP contribution is -2.41. The molecule has 0 spiro atoms. The Morgan fingerprint density at radius 1 is 1.32 bits per heavy atom. The minimum atomic E-state index is -0.474. The van der Waals surface area contributed by atoms with Gasteiger partial charge in [-0.2, -0.15) is 5.10 Å². The van der Waals surface area contributed by atoms with E-state index in [1.54, 1.807) is 24.0 Å². The molecule has 1 saturated heterocycles. The maximum absolute atomic E-state index is 12.0. The van der Waals surface area contributed by atoms with Crippen molar-refractivity contribution >= 4 is 18.6 Å². The Hall–Kier alpha value is -1.34. The van der Waals surface area contributed by atoms with E-state index in [-0.39, 0.29) is 5.97 Å². The highest BCUT2D eigenvalue weighted by atomic mass is 16.7. The van der Waals surface area contributed by atoms with E-state index in [1.165, 1.54) is 0 Å². The molecule has 0 bridgehead atoms. The highest BCUT2D eigenvalue weighted by Gasteiger charge is 2.52. The average Bonchev–Trinajstić information content (AvgIpc) is 2.95. The van der Waals surface area contributed by atoms with Gasteiger partial charge in [0.25, 0.3) is 0 Å². The lowest BCUT2D eigenvalue weighted by Gasteiger charge is -2.32. The molecule has 1 aromatic rings. The SMILES string of the molecule is CCOC(=O)[C@@H](CC)n1cc(B2OC(C)(C)C(C)(C)O2)cn1. The van der Waals surface area contributed by atoms with Gasteiger partial charge in [-0.25, -0.2) is 4.79 Å². The molecule has 2 heterocycles. The van der Waals surface area contributed by atoms with Gasteiger partial charge in [0.15, 0.2) is 0 Å². The van der Waals surface area contributed by atoms with Gasteiger partial charge in [0.1, 0.15) is 6.04 Å². The number of ether oxygens (including phenoxy) is 1. The first-order valence-electron chi connectivity index (χ1n) is 7.78. The highest BCUT2D eigenvalue weighted by molar-refractivity contribution is 6.62. The van der Waals surface area contributed by atoms with Crippen LogP contribution in [0.15, 0.2) is 12.4 Å². The molecule has 0 amide bonds. The van der Waals surface area contributed by atoms with Gasteiger partial charge in [-0.1, -0.05) is 6.92 Å². The lowest BCUT2D eigenvalue weighted by molar-refractivity contribution is -0.147. The van der Waals surface area contributed by atoms with Crippen LogP contribution in [0.5, 0.6) is 0 Å². The van der Waals surface area contributed by atoms with Crippen LogP contribution in [-0.4, -0.2) is 40.7 Å². The second kappa shape index (κ2) is 6.04. The number of hydrogen-bond donors (Lipinski definition) is 0. The van der Waals surface area contributed by atoms with Crippen LogP contribution in [0.25, 0.3) is 0 Å². The van der Waals surface area contributed by atoms with Crippen molar-refractivity contribution in [2.75, 3.05) is 6.61 Å². The molecule has 2 rings (SSSR count). The summed E-state index contributed by atoms with van der Waals surface area (Å²) in [5.74, 6) is -0.270. The van der Waals surface area contributed by atoms with E-state index in [9.17, 15) is 4.79 Å². The fraction of sp³-hybridized carbons (Fsp3) is 0.733. The Bertz CT molecular complexity index is 525. The topological polar surface area (TPSA) is 62.6 Å². The molecule has 1 atom stereocenters. The highest BCUT2D eigenvalue weighted by Crippen LogP contribution is 2.36. The third kappa shape index (κ3) is 3.05. The van der Waals surface area contributed by atoms with E-state index in [4.69, 9.17) is 14.0 Å². The van der Waals surface area contributed by atoms with Crippen molar-refractivity contribution in [1.29, 1.82) is 0 Å². The fourth-order valence-corrected chi connectivity index (χ4v) is 2.32. The van der Waals surface area contributed by atoms with Crippen LogP contribution in [-0.2, 0) is 18.8 Å². The molecule has 1 fully saturated rings. The smallest absolute Gasteiger partial charge is 0.464 e. The van der Waals surface area contributed by atoms with Crippen molar-refractivity contribution in [1.82, 2.24) is 9.78 Å². The Balaban J connectivity index is 2.17. The van der Waals surface area contributed by atoms with E-state index in [0.29, 0.717) is 13.0 Å². The molecule has 22 heavy (non-hydrogen) atoms. The van der Waals surface area contributed by atoms with Crippen molar-refractivity contribution in [2.24, 2.45) is 0 Å². The quantitative estimate of drug-likeness (QED) is 0.612. The van der Waals surface area contributed by atoms with Crippen LogP contribution < -0.4 is 5.46 Å². The Morgan fingerprint density at radius 2 is 1.91 bits per heavy atom. The minimum absolute atomic E-state index is 0.270. The number of esters is 1. The van der Waals surface area contributed by atoms with E-state index in [0.717, 1.165) is 5.46 Å². The van der Waals surface area contributed by atoms with Crippen molar-refractivity contribution in [3.05, 3.63) is 12.4 Å². The first-order valence-corrected chi connectivity index (χ1v) is 7.78. The van der Waals surface area contributed by atoms with Gasteiger partial charge in [-0.3, -0.25) is 4.68 Å². The second-order valence-corrected chi connectivity index (χ2v) is 6.52. The summed E-state index contributed by atoms with van der Waals surface area (Å²) >= 11 is 0. The van der Waals surface area contributed by atoms with Crippen LogP contribution in [0.4, 0.5) is 0 Å². The summed E-state index contributed by atoms with van der Waals surface area (Å²) in [5, 5.41) is 4.29. The first kappa shape index (κ1) is 17.0. The van der Waals surface area contributed by atoms with E-state index < -0.39 is 24.4 Å². The molecule has 0 radical (unpaired) electrons. The molecule has 1 aliphatic rings. The number of hydrogen-bond acceptors (Lipinski definition) is 5. The number of nitrogens with zero attached hydrogens (tertiary/aromatic N) is 2. The van der Waals surface area contributed by atoms with E-state index in [1.807, 2.05) is 34.6 Å². The van der Waals surface area contributed by atoms with Gasteiger partial charge >= 0.3 is 13.1 Å². The fourth-order valence-electron chi connectivity index (χ4n) is 2.32. The molecule has 0 aromatic carbocycles. The second-order valence-electron chi connectivity index (χ2n) is 6.52. The number of carbonyl (C=O) groups excluding carboxylic acids is 1. The maximum Gasteiger partial charge on any atom is 0.498 e. The molecule has 1 aliphatic heterocycles. The Morgan fingerprint density at radius 3 is 2.41 bits per heavy atom. The molecular weight excluding hydrogens is 283 g/mol. The van der Waals surface area contributed by atoms with Gasteiger partial charge in [0.2, 0.25) is 0 Å². The molecule has 0 aliphatic carbocycles. The molecule has 122 valence electrons. The predicted octanol–water partition coefficient (Wildman–Crippen LogP) is 1.70.